The highest BCUT2D eigenvalue weighted by Gasteiger charge is 2.62. The van der Waals surface area contributed by atoms with Crippen LogP contribution in [0.4, 0.5) is 5.69 Å². The van der Waals surface area contributed by atoms with Crippen LogP contribution >= 0.6 is 11.6 Å². The van der Waals surface area contributed by atoms with Gasteiger partial charge >= 0.3 is 0 Å². The number of amides is 1. The molecule has 0 aliphatic carbocycles. The zero-order chi connectivity index (χ0) is 31.2. The largest absolute Gasteiger partial charge is 0.497 e. The highest BCUT2D eigenvalue weighted by Crippen LogP contribution is 2.56. The molecule has 1 saturated heterocycles. The number of hydrogen-bond donors (Lipinski definition) is 0. The number of nitrogens with zero attached hydrogens (tertiary/aromatic N) is 5. The van der Waals surface area contributed by atoms with Crippen molar-refractivity contribution in [3.05, 3.63) is 94.6 Å². The fraction of sp³-hybridized carbons (Fsp3) is 0.323. The lowest BCUT2D eigenvalue weighted by atomic mass is 9.80. The van der Waals surface area contributed by atoms with Gasteiger partial charge in [0.15, 0.2) is 11.4 Å². The first-order valence-corrected chi connectivity index (χ1v) is 15.8. The Morgan fingerprint density at radius 3 is 2.48 bits per heavy atom. The third-order valence-electron chi connectivity index (χ3n) is 8.17. The number of hydrogen-bond acceptors (Lipinski definition) is 10. The second-order valence-corrected chi connectivity index (χ2v) is 13.3. The predicted octanol–water partition coefficient (Wildman–Crippen LogP) is 4.62. The number of sulfonamides is 1. The summed E-state index contributed by atoms with van der Waals surface area (Å²) in [5, 5.41) is 4.48. The molecule has 1 unspecified atom stereocenters. The predicted molar refractivity (Wildman–Crippen MR) is 163 cm³/mol. The first-order valence-electron chi connectivity index (χ1n) is 14.0. The minimum atomic E-state index is -4.41. The number of halogens is 1. The number of rotatable bonds is 9. The summed E-state index contributed by atoms with van der Waals surface area (Å²) in [5.74, 6) is 0.634. The molecule has 1 aromatic heterocycles. The quantitative estimate of drug-likeness (QED) is 0.257. The van der Waals surface area contributed by atoms with Gasteiger partial charge in [-0.25, -0.2) is 12.7 Å². The summed E-state index contributed by atoms with van der Waals surface area (Å²) in [5.41, 5.74) is 0.357. The van der Waals surface area contributed by atoms with Crippen molar-refractivity contribution in [1.82, 2.24) is 19.9 Å². The highest BCUT2D eigenvalue weighted by atomic mass is 35.5. The van der Waals surface area contributed by atoms with Gasteiger partial charge in [-0.05, 0) is 87.1 Å². The molecule has 1 amide bonds. The zero-order valence-corrected chi connectivity index (χ0v) is 26.3. The standard InChI is InChI=1S/C31H32ClN5O6S/c1-35(2)18-20-7-14-28(42-4)25(16-20)31(36-15-5-6-27(36)29-33-19-43-34-29)24-17-21(32)8-13-26(24)37(30(31)38)44(39,40)23-11-9-22(41-3)10-12-23/h7-14,16-17,19,27H,5-6,15,18H2,1-4H3/t27-,31?/m0/s1. The number of ether oxygens (including phenoxy) is 2. The Morgan fingerprint density at radius 1 is 1.05 bits per heavy atom. The molecule has 6 rings (SSSR count). The molecule has 230 valence electrons. The van der Waals surface area contributed by atoms with Gasteiger partial charge in [-0.1, -0.05) is 22.8 Å². The first kappa shape index (κ1) is 30.1. The van der Waals surface area contributed by atoms with Crippen molar-refractivity contribution in [3.63, 3.8) is 0 Å². The molecule has 0 saturated carbocycles. The number of aromatic nitrogens is 2. The SMILES string of the molecule is COc1ccc(S(=O)(=O)N2C(=O)C(c3cc(CN(C)C)ccc3OC)(N3CCC[C@H]3c3ncon3)c3cc(Cl)ccc32)cc1. The van der Waals surface area contributed by atoms with Crippen molar-refractivity contribution in [1.29, 1.82) is 0 Å². The van der Waals surface area contributed by atoms with Gasteiger partial charge in [0.05, 0.1) is 30.8 Å². The van der Waals surface area contributed by atoms with Crippen LogP contribution in [0.2, 0.25) is 5.02 Å². The molecule has 1 fully saturated rings. The minimum absolute atomic E-state index is 0.0622. The molecular formula is C31H32ClN5O6S. The van der Waals surface area contributed by atoms with Gasteiger partial charge in [0.2, 0.25) is 6.39 Å². The number of carbonyl (C=O) groups is 1. The normalized spacial score (nSPS) is 20.4. The number of methoxy groups -OCH3 is 2. The van der Waals surface area contributed by atoms with Crippen LogP contribution in [0.15, 0.2) is 76.5 Å². The zero-order valence-electron chi connectivity index (χ0n) is 24.7. The summed E-state index contributed by atoms with van der Waals surface area (Å²) >= 11 is 6.63. The molecule has 0 spiro atoms. The molecule has 2 aliphatic rings. The van der Waals surface area contributed by atoms with Crippen molar-refractivity contribution >= 4 is 33.2 Å². The molecule has 11 nitrogen and oxygen atoms in total. The summed E-state index contributed by atoms with van der Waals surface area (Å²) in [6, 6.07) is 16.0. The van der Waals surface area contributed by atoms with Gasteiger partial charge in [-0.15, -0.1) is 0 Å². The van der Waals surface area contributed by atoms with E-state index in [-0.39, 0.29) is 10.6 Å². The number of fused-ring (bicyclic) bond motifs is 1. The van der Waals surface area contributed by atoms with Gasteiger partial charge in [0.1, 0.15) is 11.5 Å². The van der Waals surface area contributed by atoms with Crippen molar-refractivity contribution in [2.24, 2.45) is 0 Å². The van der Waals surface area contributed by atoms with E-state index in [1.807, 2.05) is 42.1 Å². The van der Waals surface area contributed by atoms with E-state index < -0.39 is 27.5 Å². The maximum absolute atomic E-state index is 15.4. The Bertz CT molecular complexity index is 1800. The van der Waals surface area contributed by atoms with Gasteiger partial charge in [0.25, 0.3) is 15.9 Å². The second-order valence-electron chi connectivity index (χ2n) is 11.0. The average molecular weight is 638 g/mol. The van der Waals surface area contributed by atoms with Crippen LogP contribution in [0.3, 0.4) is 0 Å². The highest BCUT2D eigenvalue weighted by molar-refractivity contribution is 7.93. The summed E-state index contributed by atoms with van der Waals surface area (Å²) in [6.07, 6.45) is 2.57. The minimum Gasteiger partial charge on any atom is -0.497 e. The summed E-state index contributed by atoms with van der Waals surface area (Å²) in [4.78, 5) is 23.6. The molecule has 2 aliphatic heterocycles. The molecule has 4 aromatic rings. The van der Waals surface area contributed by atoms with Crippen molar-refractivity contribution in [2.75, 3.05) is 39.2 Å². The van der Waals surface area contributed by atoms with Crippen molar-refractivity contribution in [3.8, 4) is 11.5 Å². The van der Waals surface area contributed by atoms with E-state index in [1.54, 1.807) is 30.3 Å². The fourth-order valence-electron chi connectivity index (χ4n) is 6.39. The number of carbonyl (C=O) groups excluding carboxylic acids is 1. The molecule has 0 bridgehead atoms. The third-order valence-corrected chi connectivity index (χ3v) is 10.1. The Morgan fingerprint density at radius 2 is 1.82 bits per heavy atom. The van der Waals surface area contributed by atoms with E-state index in [9.17, 15) is 8.42 Å². The van der Waals surface area contributed by atoms with Crippen LogP contribution in [-0.4, -0.2) is 69.1 Å². The fourth-order valence-corrected chi connectivity index (χ4v) is 8.03. The van der Waals surface area contributed by atoms with Crippen molar-refractivity contribution < 1.29 is 27.2 Å². The van der Waals surface area contributed by atoms with Crippen molar-refractivity contribution in [2.45, 2.75) is 35.9 Å². The van der Waals surface area contributed by atoms with Crippen LogP contribution in [0, 0.1) is 0 Å². The maximum atomic E-state index is 15.4. The van der Waals surface area contributed by atoms with Crippen LogP contribution in [0.1, 0.15) is 41.4 Å². The Kier molecular flexibility index (Phi) is 7.87. The van der Waals surface area contributed by atoms with Crippen LogP contribution in [0.5, 0.6) is 11.5 Å². The lowest BCUT2D eigenvalue weighted by Crippen LogP contribution is -2.54. The number of benzene rings is 3. The van der Waals surface area contributed by atoms with E-state index in [1.165, 1.54) is 32.7 Å². The summed E-state index contributed by atoms with van der Waals surface area (Å²) in [6.45, 7) is 1.01. The number of anilines is 1. The first-order chi connectivity index (χ1) is 21.1. The molecule has 2 atom stereocenters. The van der Waals surface area contributed by atoms with E-state index in [2.05, 4.69) is 10.1 Å². The van der Waals surface area contributed by atoms with E-state index in [0.29, 0.717) is 59.4 Å². The van der Waals surface area contributed by atoms with Crippen LogP contribution in [0.25, 0.3) is 0 Å². The lowest BCUT2D eigenvalue weighted by molar-refractivity contribution is -0.127. The van der Waals surface area contributed by atoms with Gasteiger partial charge in [0, 0.05) is 29.2 Å². The van der Waals surface area contributed by atoms with E-state index >= 15 is 4.79 Å². The Labute approximate surface area is 261 Å². The molecule has 3 aromatic carbocycles. The van der Waals surface area contributed by atoms with E-state index in [0.717, 1.165) is 9.87 Å². The topological polar surface area (TPSA) is 118 Å². The number of likely N-dealkylation sites (tertiary alicyclic amines) is 1. The third kappa shape index (κ3) is 4.73. The van der Waals surface area contributed by atoms with Gasteiger partial charge < -0.3 is 18.9 Å². The summed E-state index contributed by atoms with van der Waals surface area (Å²) in [7, 11) is 2.52. The Balaban J connectivity index is 1.67. The smallest absolute Gasteiger partial charge is 0.271 e. The van der Waals surface area contributed by atoms with Crippen LogP contribution < -0.4 is 13.8 Å². The molecule has 0 radical (unpaired) electrons. The molecule has 3 heterocycles. The van der Waals surface area contributed by atoms with E-state index in [4.69, 9.17) is 25.6 Å². The lowest BCUT2D eigenvalue weighted by Gasteiger charge is -2.41. The molecule has 44 heavy (non-hydrogen) atoms. The molecule has 13 heteroatoms. The average Bonchev–Trinajstić information content (AvgIpc) is 3.76. The van der Waals surface area contributed by atoms with Crippen LogP contribution in [-0.2, 0) is 26.9 Å². The molecular weight excluding hydrogens is 606 g/mol. The second kappa shape index (κ2) is 11.5. The monoisotopic (exact) mass is 637 g/mol. The molecule has 0 N–H and O–H groups in total. The summed E-state index contributed by atoms with van der Waals surface area (Å²) < 4.78 is 46.0. The Hall–Kier alpha value is -3.97. The maximum Gasteiger partial charge on any atom is 0.271 e. The van der Waals surface area contributed by atoms with Gasteiger partial charge in [-0.2, -0.15) is 4.98 Å². The van der Waals surface area contributed by atoms with Gasteiger partial charge in [-0.3, -0.25) is 9.69 Å².